The van der Waals surface area contributed by atoms with Crippen molar-refractivity contribution in [2.24, 2.45) is 16.6 Å². The van der Waals surface area contributed by atoms with Crippen molar-refractivity contribution < 1.29 is 4.79 Å². The predicted molar refractivity (Wildman–Crippen MR) is 53.7 cm³/mol. The van der Waals surface area contributed by atoms with Crippen LogP contribution in [-0.4, -0.2) is 12.1 Å². The van der Waals surface area contributed by atoms with Crippen molar-refractivity contribution in [3.63, 3.8) is 0 Å². The number of carbonyl (C=O) groups excluding carboxylic acids is 1. The lowest BCUT2D eigenvalue weighted by molar-refractivity contribution is -0.119. The minimum Gasteiger partial charge on any atom is -0.399 e. The molecule has 2 rings (SSSR count). The molecule has 1 heterocycles. The van der Waals surface area contributed by atoms with Crippen LogP contribution in [0.2, 0.25) is 0 Å². The van der Waals surface area contributed by atoms with Crippen molar-refractivity contribution in [2.75, 3.05) is 0 Å². The van der Waals surface area contributed by atoms with E-state index < -0.39 is 0 Å². The molecule has 2 aliphatic rings. The van der Waals surface area contributed by atoms with E-state index in [2.05, 4.69) is 4.99 Å². The number of amides is 1. The molecule has 1 unspecified atom stereocenters. The molecule has 0 radical (unpaired) electrons. The van der Waals surface area contributed by atoms with Crippen LogP contribution in [0.5, 0.6) is 0 Å². The molecule has 68 valence electrons. The molecule has 3 nitrogen and oxygen atoms in total. The average Bonchev–Trinajstić information content (AvgIpc) is 2.07. The first kappa shape index (κ1) is 9.74. The van der Waals surface area contributed by atoms with Crippen LogP contribution in [0.15, 0.2) is 40.6 Å². The van der Waals surface area contributed by atoms with Gasteiger partial charge in [-0.3, -0.25) is 4.79 Å². The first-order chi connectivity index (χ1) is 5.77. The summed E-state index contributed by atoms with van der Waals surface area (Å²) in [5.74, 6) is -0.389. The van der Waals surface area contributed by atoms with Crippen molar-refractivity contribution >= 4 is 24.5 Å². The lowest BCUT2D eigenvalue weighted by Crippen LogP contribution is -2.19. The predicted octanol–water partition coefficient (Wildman–Crippen LogP) is 0.974. The summed E-state index contributed by atoms with van der Waals surface area (Å²) in [5, 5.41) is 0. The standard InChI is InChI=1S/C9H8N2O.ClH/c10-7-2-1-6-3-4-11-9(12)8(6)5-7;/h1-5,8H,10H2;1H. The molecule has 1 aliphatic heterocycles. The monoisotopic (exact) mass is 196 g/mol. The smallest absolute Gasteiger partial charge is 0.257 e. The minimum atomic E-state index is -0.250. The van der Waals surface area contributed by atoms with Crippen LogP contribution >= 0.6 is 12.4 Å². The molecular formula is C9H9ClN2O. The number of allylic oxidation sites excluding steroid dienone is 3. The lowest BCUT2D eigenvalue weighted by atomic mass is 9.91. The second kappa shape index (κ2) is 3.58. The van der Waals surface area contributed by atoms with Crippen LogP contribution in [0, 0.1) is 5.92 Å². The van der Waals surface area contributed by atoms with Gasteiger partial charge < -0.3 is 5.73 Å². The largest absolute Gasteiger partial charge is 0.399 e. The molecular weight excluding hydrogens is 188 g/mol. The fourth-order valence-electron chi connectivity index (χ4n) is 1.29. The van der Waals surface area contributed by atoms with E-state index in [0.29, 0.717) is 5.70 Å². The maximum atomic E-state index is 11.2. The molecule has 0 spiro atoms. The number of nitrogens with zero attached hydrogens (tertiary/aromatic N) is 1. The first-order valence-electron chi connectivity index (χ1n) is 3.71. The molecule has 1 amide bonds. The molecule has 1 aliphatic carbocycles. The highest BCUT2D eigenvalue weighted by Gasteiger charge is 2.22. The Hall–Kier alpha value is -1.35. The van der Waals surface area contributed by atoms with Gasteiger partial charge in [-0.25, -0.2) is 4.99 Å². The normalized spacial score (nSPS) is 24.3. The van der Waals surface area contributed by atoms with E-state index in [4.69, 9.17) is 5.73 Å². The van der Waals surface area contributed by atoms with Crippen LogP contribution in [0.25, 0.3) is 0 Å². The highest BCUT2D eigenvalue weighted by Crippen LogP contribution is 2.23. The second-order valence-electron chi connectivity index (χ2n) is 2.76. The number of halogens is 1. The summed E-state index contributed by atoms with van der Waals surface area (Å²) in [4.78, 5) is 14.9. The van der Waals surface area contributed by atoms with E-state index >= 15 is 0 Å². The summed E-state index contributed by atoms with van der Waals surface area (Å²) >= 11 is 0. The molecule has 0 aromatic rings. The van der Waals surface area contributed by atoms with Gasteiger partial charge in [-0.05, 0) is 23.8 Å². The Morgan fingerprint density at radius 3 is 2.92 bits per heavy atom. The summed E-state index contributed by atoms with van der Waals surface area (Å²) < 4.78 is 0. The van der Waals surface area contributed by atoms with E-state index in [9.17, 15) is 4.79 Å². The molecule has 2 N–H and O–H groups in total. The SMILES string of the molecule is Cl.NC1=CC2C(=O)N=CC=C2C=C1. The summed E-state index contributed by atoms with van der Waals surface area (Å²) in [6.45, 7) is 0. The van der Waals surface area contributed by atoms with Crippen molar-refractivity contribution in [1.29, 1.82) is 0 Å². The molecule has 0 bridgehead atoms. The Morgan fingerprint density at radius 1 is 1.38 bits per heavy atom. The van der Waals surface area contributed by atoms with Gasteiger partial charge in [-0.15, -0.1) is 12.4 Å². The fourth-order valence-corrected chi connectivity index (χ4v) is 1.29. The number of fused-ring (bicyclic) bond motifs is 1. The molecule has 0 aromatic heterocycles. The Bertz CT molecular complexity index is 353. The van der Waals surface area contributed by atoms with Gasteiger partial charge in [0.25, 0.3) is 5.91 Å². The van der Waals surface area contributed by atoms with Crippen LogP contribution in [-0.2, 0) is 4.79 Å². The third kappa shape index (κ3) is 1.70. The zero-order valence-corrected chi connectivity index (χ0v) is 7.62. The Kier molecular flexibility index (Phi) is 2.68. The van der Waals surface area contributed by atoms with E-state index in [1.54, 1.807) is 12.2 Å². The number of nitrogens with two attached hydrogens (primary N) is 1. The van der Waals surface area contributed by atoms with Gasteiger partial charge in [0.05, 0.1) is 5.92 Å². The van der Waals surface area contributed by atoms with Gasteiger partial charge in [0.1, 0.15) is 0 Å². The molecule has 0 saturated carbocycles. The third-order valence-electron chi connectivity index (χ3n) is 1.92. The van der Waals surface area contributed by atoms with E-state index in [0.717, 1.165) is 5.57 Å². The van der Waals surface area contributed by atoms with E-state index in [1.807, 2.05) is 12.2 Å². The van der Waals surface area contributed by atoms with Gasteiger partial charge in [0, 0.05) is 11.9 Å². The molecule has 13 heavy (non-hydrogen) atoms. The van der Waals surface area contributed by atoms with Crippen molar-refractivity contribution in [2.45, 2.75) is 0 Å². The summed E-state index contributed by atoms with van der Waals surface area (Å²) in [6.07, 6.45) is 8.71. The zero-order valence-electron chi connectivity index (χ0n) is 6.81. The Morgan fingerprint density at radius 2 is 2.15 bits per heavy atom. The summed E-state index contributed by atoms with van der Waals surface area (Å²) in [6, 6.07) is 0. The van der Waals surface area contributed by atoms with Crippen LogP contribution < -0.4 is 5.73 Å². The van der Waals surface area contributed by atoms with Gasteiger partial charge in [0.15, 0.2) is 0 Å². The minimum absolute atomic E-state index is 0. The van der Waals surface area contributed by atoms with E-state index in [-0.39, 0.29) is 24.2 Å². The maximum Gasteiger partial charge on any atom is 0.257 e. The number of carbonyl (C=O) groups is 1. The zero-order chi connectivity index (χ0) is 8.55. The van der Waals surface area contributed by atoms with Crippen LogP contribution in [0.4, 0.5) is 0 Å². The topological polar surface area (TPSA) is 55.5 Å². The number of hydrogen-bond acceptors (Lipinski definition) is 2. The van der Waals surface area contributed by atoms with Gasteiger partial charge in [-0.2, -0.15) is 0 Å². The Labute approximate surface area is 82.1 Å². The average molecular weight is 197 g/mol. The van der Waals surface area contributed by atoms with Gasteiger partial charge >= 0.3 is 0 Å². The molecule has 0 aromatic carbocycles. The fraction of sp³-hybridized carbons (Fsp3) is 0.111. The maximum absolute atomic E-state index is 11.2. The van der Waals surface area contributed by atoms with Gasteiger partial charge in [0.2, 0.25) is 0 Å². The highest BCUT2D eigenvalue weighted by molar-refractivity contribution is 5.97. The Balaban J connectivity index is 0.000000845. The van der Waals surface area contributed by atoms with Gasteiger partial charge in [-0.1, -0.05) is 6.08 Å². The van der Waals surface area contributed by atoms with Crippen molar-refractivity contribution in [3.8, 4) is 0 Å². The summed E-state index contributed by atoms with van der Waals surface area (Å²) in [5.41, 5.74) is 7.14. The first-order valence-corrected chi connectivity index (χ1v) is 3.71. The van der Waals surface area contributed by atoms with Crippen molar-refractivity contribution in [3.05, 3.63) is 35.6 Å². The molecule has 1 atom stereocenters. The number of aliphatic imine (C=N–C) groups is 1. The highest BCUT2D eigenvalue weighted by atomic mass is 35.5. The molecule has 0 saturated heterocycles. The number of rotatable bonds is 0. The number of hydrogen-bond donors (Lipinski definition) is 1. The summed E-state index contributed by atoms with van der Waals surface area (Å²) in [7, 11) is 0. The lowest BCUT2D eigenvalue weighted by Gasteiger charge is -2.16. The third-order valence-corrected chi connectivity index (χ3v) is 1.92. The van der Waals surface area contributed by atoms with E-state index in [1.165, 1.54) is 6.21 Å². The quantitative estimate of drug-likeness (QED) is 0.628. The molecule has 4 heteroatoms. The second-order valence-corrected chi connectivity index (χ2v) is 2.76. The number of dihydropyridines is 1. The van der Waals surface area contributed by atoms with Crippen molar-refractivity contribution in [1.82, 2.24) is 0 Å². The van der Waals surface area contributed by atoms with Crippen LogP contribution in [0.1, 0.15) is 0 Å². The molecule has 0 fully saturated rings. The van der Waals surface area contributed by atoms with Crippen LogP contribution in [0.3, 0.4) is 0 Å².